The van der Waals surface area contributed by atoms with Gasteiger partial charge in [-0.25, -0.2) is 0 Å². The van der Waals surface area contributed by atoms with Crippen LogP contribution < -0.4 is 20.1 Å². The third-order valence-corrected chi connectivity index (χ3v) is 4.93. The van der Waals surface area contributed by atoms with E-state index in [0.29, 0.717) is 11.3 Å². The maximum atomic E-state index is 12.5. The topological polar surface area (TPSA) is 76.7 Å². The molecule has 10 heteroatoms. The van der Waals surface area contributed by atoms with Crippen molar-refractivity contribution in [2.75, 3.05) is 23.9 Å². The maximum absolute atomic E-state index is 12.5. The van der Waals surface area contributed by atoms with Gasteiger partial charge in [0.25, 0.3) is 0 Å². The molecule has 0 atom stereocenters. The Hall–Kier alpha value is -2.33. The van der Waals surface area contributed by atoms with Crippen molar-refractivity contribution in [3.8, 4) is 11.5 Å². The average molecular weight is 489 g/mol. The lowest BCUT2D eigenvalue weighted by atomic mass is 10.2. The lowest BCUT2D eigenvalue weighted by molar-refractivity contribution is -0.118. The smallest absolute Gasteiger partial charge is 0.387 e. The van der Waals surface area contributed by atoms with Gasteiger partial charge in [0, 0.05) is 16.7 Å². The van der Waals surface area contributed by atoms with Gasteiger partial charge >= 0.3 is 6.61 Å². The predicted molar refractivity (Wildman–Crippen MR) is 112 cm³/mol. The van der Waals surface area contributed by atoms with E-state index in [0.717, 1.165) is 4.47 Å². The van der Waals surface area contributed by atoms with Crippen LogP contribution in [0.4, 0.5) is 14.5 Å². The van der Waals surface area contributed by atoms with Crippen LogP contribution in [0.3, 0.4) is 0 Å². The van der Waals surface area contributed by atoms with Gasteiger partial charge in [-0.2, -0.15) is 8.78 Å². The quantitative estimate of drug-likeness (QED) is 0.527. The summed E-state index contributed by atoms with van der Waals surface area (Å²) < 4.78 is 35.1. The Morgan fingerprint density at radius 3 is 2.55 bits per heavy atom. The third-order valence-electron chi connectivity index (χ3n) is 3.51. The van der Waals surface area contributed by atoms with Crippen LogP contribution in [0.2, 0.25) is 0 Å². The molecule has 0 aliphatic carbocycles. The molecule has 2 amide bonds. The number of hydrogen-bond acceptors (Lipinski definition) is 5. The number of halogens is 3. The molecule has 0 unspecified atom stereocenters. The van der Waals surface area contributed by atoms with Crippen LogP contribution in [-0.2, 0) is 16.1 Å². The van der Waals surface area contributed by atoms with Crippen LogP contribution in [0.15, 0.2) is 46.9 Å². The summed E-state index contributed by atoms with van der Waals surface area (Å²) in [6.45, 7) is -2.85. The Balaban J connectivity index is 1.74. The second kappa shape index (κ2) is 11.6. The number of anilines is 1. The largest absolute Gasteiger partial charge is 0.493 e. The standard InChI is InChI=1S/C19H19BrF2N2O4S/c1-27-15-6-5-12(7-16(15)28-19(21)22)9-23-17(25)10-29-11-18(26)24-14-4-2-3-13(20)8-14/h2-8,19H,9-11H2,1H3,(H,23,25)(H,24,26). The van der Waals surface area contributed by atoms with Crippen LogP contribution in [0, 0.1) is 0 Å². The molecule has 2 aromatic rings. The predicted octanol–water partition coefficient (Wildman–Crippen LogP) is 4.05. The van der Waals surface area contributed by atoms with Gasteiger partial charge in [-0.3, -0.25) is 9.59 Å². The lowest BCUT2D eigenvalue weighted by Gasteiger charge is -2.12. The first kappa shape index (κ1) is 23.0. The highest BCUT2D eigenvalue weighted by Gasteiger charge is 2.12. The highest BCUT2D eigenvalue weighted by atomic mass is 79.9. The Bertz CT molecular complexity index is 855. The van der Waals surface area contributed by atoms with Gasteiger partial charge in [-0.1, -0.05) is 28.1 Å². The van der Waals surface area contributed by atoms with Crippen molar-refractivity contribution in [3.63, 3.8) is 0 Å². The Labute approximate surface area is 179 Å². The van der Waals surface area contributed by atoms with Crippen molar-refractivity contribution in [1.82, 2.24) is 5.32 Å². The normalized spacial score (nSPS) is 10.5. The summed E-state index contributed by atoms with van der Waals surface area (Å²) in [4.78, 5) is 23.8. The summed E-state index contributed by atoms with van der Waals surface area (Å²) in [5.41, 5.74) is 1.24. The molecule has 2 N–H and O–H groups in total. The minimum absolute atomic E-state index is 0.0858. The van der Waals surface area contributed by atoms with Crippen LogP contribution in [-0.4, -0.2) is 37.0 Å². The molecule has 0 saturated heterocycles. The number of rotatable bonds is 10. The number of ether oxygens (including phenoxy) is 2. The fourth-order valence-electron chi connectivity index (χ4n) is 2.27. The van der Waals surface area contributed by atoms with E-state index in [1.165, 1.54) is 31.0 Å². The lowest BCUT2D eigenvalue weighted by Crippen LogP contribution is -2.25. The molecule has 0 radical (unpaired) electrons. The molecular weight excluding hydrogens is 470 g/mol. The molecular formula is C19H19BrF2N2O4S. The number of amides is 2. The number of benzene rings is 2. The highest BCUT2D eigenvalue weighted by Crippen LogP contribution is 2.29. The van der Waals surface area contributed by atoms with Crippen molar-refractivity contribution in [3.05, 3.63) is 52.5 Å². The number of thioether (sulfide) groups is 1. The minimum atomic E-state index is -2.98. The SMILES string of the molecule is COc1ccc(CNC(=O)CSCC(=O)Nc2cccc(Br)c2)cc1OC(F)F. The van der Waals surface area contributed by atoms with E-state index in [1.54, 1.807) is 24.3 Å². The van der Waals surface area contributed by atoms with Gasteiger partial charge in [0.05, 0.1) is 18.6 Å². The van der Waals surface area contributed by atoms with Crippen molar-refractivity contribution in [1.29, 1.82) is 0 Å². The van der Waals surface area contributed by atoms with Gasteiger partial charge in [-0.05, 0) is 35.9 Å². The Morgan fingerprint density at radius 2 is 1.86 bits per heavy atom. The number of hydrogen-bond donors (Lipinski definition) is 2. The summed E-state index contributed by atoms with van der Waals surface area (Å²) in [6.07, 6.45) is 0. The molecule has 0 aliphatic rings. The van der Waals surface area contributed by atoms with Gasteiger partial charge in [0.1, 0.15) is 0 Å². The van der Waals surface area contributed by atoms with E-state index in [4.69, 9.17) is 4.74 Å². The molecule has 0 aliphatic heterocycles. The summed E-state index contributed by atoms with van der Waals surface area (Å²) in [5, 5.41) is 5.40. The fourth-order valence-corrected chi connectivity index (χ4v) is 3.32. The number of carbonyl (C=O) groups is 2. The first-order chi connectivity index (χ1) is 13.9. The average Bonchev–Trinajstić information content (AvgIpc) is 2.66. The molecule has 2 rings (SSSR count). The molecule has 29 heavy (non-hydrogen) atoms. The number of methoxy groups -OCH3 is 1. The van der Waals surface area contributed by atoms with Crippen LogP contribution in [0.1, 0.15) is 5.56 Å². The third kappa shape index (κ3) is 8.28. The number of nitrogens with one attached hydrogen (secondary N) is 2. The van der Waals surface area contributed by atoms with Crippen molar-refractivity contribution in [2.45, 2.75) is 13.2 Å². The summed E-state index contributed by atoms with van der Waals surface area (Å²) in [5.74, 6) is -0.223. The molecule has 0 saturated carbocycles. The zero-order valence-electron chi connectivity index (χ0n) is 15.4. The summed E-state index contributed by atoms with van der Waals surface area (Å²) in [7, 11) is 1.35. The molecule has 6 nitrogen and oxygen atoms in total. The molecule has 156 valence electrons. The van der Waals surface area contributed by atoms with Crippen molar-refractivity contribution in [2.24, 2.45) is 0 Å². The number of carbonyl (C=O) groups excluding carboxylic acids is 2. The minimum Gasteiger partial charge on any atom is -0.493 e. The van der Waals surface area contributed by atoms with Gasteiger partial charge < -0.3 is 20.1 Å². The van der Waals surface area contributed by atoms with E-state index < -0.39 is 6.61 Å². The van der Waals surface area contributed by atoms with Crippen LogP contribution in [0.5, 0.6) is 11.5 Å². The van der Waals surface area contributed by atoms with E-state index in [9.17, 15) is 18.4 Å². The first-order valence-corrected chi connectivity index (χ1v) is 10.3. The van der Waals surface area contributed by atoms with Crippen molar-refractivity contribution < 1.29 is 27.8 Å². The molecule has 0 bridgehead atoms. The van der Waals surface area contributed by atoms with Crippen LogP contribution >= 0.6 is 27.7 Å². The Morgan fingerprint density at radius 1 is 1.10 bits per heavy atom. The monoisotopic (exact) mass is 488 g/mol. The van der Waals surface area contributed by atoms with Crippen molar-refractivity contribution >= 4 is 45.2 Å². The highest BCUT2D eigenvalue weighted by molar-refractivity contribution is 9.10. The first-order valence-electron chi connectivity index (χ1n) is 8.39. The second-order valence-corrected chi connectivity index (χ2v) is 7.59. The fraction of sp³-hybridized carbons (Fsp3) is 0.263. The second-order valence-electron chi connectivity index (χ2n) is 5.69. The van der Waals surface area contributed by atoms with Crippen LogP contribution in [0.25, 0.3) is 0 Å². The zero-order chi connectivity index (χ0) is 21.2. The zero-order valence-corrected chi connectivity index (χ0v) is 17.8. The van der Waals surface area contributed by atoms with Gasteiger partial charge in [0.2, 0.25) is 11.8 Å². The maximum Gasteiger partial charge on any atom is 0.387 e. The van der Waals surface area contributed by atoms with E-state index in [1.807, 2.05) is 6.07 Å². The molecule has 0 fully saturated rings. The summed E-state index contributed by atoms with van der Waals surface area (Å²) >= 11 is 4.49. The van der Waals surface area contributed by atoms with E-state index in [-0.39, 0.29) is 41.4 Å². The molecule has 0 spiro atoms. The van der Waals surface area contributed by atoms with Gasteiger partial charge in [-0.15, -0.1) is 11.8 Å². The molecule has 2 aromatic carbocycles. The molecule has 0 aromatic heterocycles. The van der Waals surface area contributed by atoms with Gasteiger partial charge in [0.15, 0.2) is 11.5 Å². The molecule has 0 heterocycles. The summed E-state index contributed by atoms with van der Waals surface area (Å²) in [6, 6.07) is 11.7. The van der Waals surface area contributed by atoms with E-state index >= 15 is 0 Å². The number of alkyl halides is 2. The Kier molecular flexibility index (Phi) is 9.20. The van der Waals surface area contributed by atoms with E-state index in [2.05, 4.69) is 31.3 Å².